The first-order chi connectivity index (χ1) is 11.1. The summed E-state index contributed by atoms with van der Waals surface area (Å²) in [4.78, 5) is 0. The molecule has 0 saturated heterocycles. The van der Waals surface area contributed by atoms with E-state index in [1.807, 2.05) is 35.6 Å². The minimum Gasteiger partial charge on any atom is -0.328 e. The molecule has 1 saturated carbocycles. The fourth-order valence-electron chi connectivity index (χ4n) is 3.25. The SMILES string of the molecule is Cn1cc[n+](C)c1N=Nc1ccc(CC2CCC(N)CC2)cc1. The molecule has 5 heteroatoms. The summed E-state index contributed by atoms with van der Waals surface area (Å²) in [6.07, 6.45) is 9.94. The summed E-state index contributed by atoms with van der Waals surface area (Å²) in [5.41, 5.74) is 8.25. The molecular weight excluding hydrogens is 286 g/mol. The van der Waals surface area contributed by atoms with Crippen LogP contribution in [0.5, 0.6) is 0 Å². The lowest BCUT2D eigenvalue weighted by molar-refractivity contribution is -0.657. The van der Waals surface area contributed by atoms with Crippen molar-refractivity contribution in [1.82, 2.24) is 4.57 Å². The van der Waals surface area contributed by atoms with Gasteiger partial charge in [0.25, 0.3) is 0 Å². The van der Waals surface area contributed by atoms with Crippen LogP contribution in [0, 0.1) is 5.92 Å². The van der Waals surface area contributed by atoms with Gasteiger partial charge in [-0.15, -0.1) is 0 Å². The zero-order chi connectivity index (χ0) is 16.2. The van der Waals surface area contributed by atoms with Crippen molar-refractivity contribution in [2.24, 2.45) is 36.0 Å². The molecule has 2 aromatic rings. The molecule has 5 nitrogen and oxygen atoms in total. The van der Waals surface area contributed by atoms with Crippen LogP contribution in [0.3, 0.4) is 0 Å². The van der Waals surface area contributed by atoms with E-state index in [1.54, 1.807) is 0 Å². The maximum atomic E-state index is 5.98. The Balaban J connectivity index is 1.61. The zero-order valence-electron chi connectivity index (χ0n) is 14.0. The Labute approximate surface area is 137 Å². The number of nitrogens with zero attached hydrogens (tertiary/aromatic N) is 4. The monoisotopic (exact) mass is 312 g/mol. The van der Waals surface area contributed by atoms with Gasteiger partial charge in [0.2, 0.25) is 0 Å². The average molecular weight is 312 g/mol. The van der Waals surface area contributed by atoms with Gasteiger partial charge < -0.3 is 5.73 Å². The van der Waals surface area contributed by atoms with Gasteiger partial charge in [-0.1, -0.05) is 17.2 Å². The second-order valence-electron chi connectivity index (χ2n) is 6.67. The molecule has 2 N–H and O–H groups in total. The van der Waals surface area contributed by atoms with Crippen molar-refractivity contribution in [2.75, 3.05) is 0 Å². The van der Waals surface area contributed by atoms with Gasteiger partial charge in [0, 0.05) is 11.2 Å². The Hall–Kier alpha value is -2.01. The van der Waals surface area contributed by atoms with E-state index in [0.717, 1.165) is 24.0 Å². The minimum absolute atomic E-state index is 0.424. The molecule has 0 radical (unpaired) electrons. The highest BCUT2D eigenvalue weighted by molar-refractivity contribution is 5.38. The third-order valence-corrected chi connectivity index (χ3v) is 4.75. The van der Waals surface area contributed by atoms with Gasteiger partial charge >= 0.3 is 5.95 Å². The molecule has 1 heterocycles. The van der Waals surface area contributed by atoms with Crippen molar-refractivity contribution in [3.05, 3.63) is 42.2 Å². The highest BCUT2D eigenvalue weighted by Gasteiger charge is 2.18. The van der Waals surface area contributed by atoms with E-state index in [1.165, 1.54) is 31.2 Å². The molecule has 0 aliphatic heterocycles. The molecule has 1 aromatic heterocycles. The van der Waals surface area contributed by atoms with E-state index in [-0.39, 0.29) is 0 Å². The number of hydrogen-bond acceptors (Lipinski definition) is 3. The molecule has 1 aliphatic rings. The predicted octanol–water partition coefficient (Wildman–Crippen LogP) is 3.33. The predicted molar refractivity (Wildman–Crippen MR) is 90.8 cm³/mol. The topological polar surface area (TPSA) is 59.5 Å². The van der Waals surface area contributed by atoms with Gasteiger partial charge in [0.15, 0.2) is 0 Å². The van der Waals surface area contributed by atoms with Gasteiger partial charge in [-0.25, -0.2) is 9.13 Å². The van der Waals surface area contributed by atoms with Crippen molar-refractivity contribution in [3.8, 4) is 0 Å². The normalized spacial score (nSPS) is 21.9. The van der Waals surface area contributed by atoms with Gasteiger partial charge in [-0.05, 0) is 55.7 Å². The van der Waals surface area contributed by atoms with Crippen LogP contribution in [0.25, 0.3) is 0 Å². The summed E-state index contributed by atoms with van der Waals surface area (Å²) < 4.78 is 3.90. The molecule has 0 spiro atoms. The smallest absolute Gasteiger partial charge is 0.328 e. The third kappa shape index (κ3) is 4.05. The van der Waals surface area contributed by atoms with Crippen LogP contribution in [0.15, 0.2) is 46.9 Å². The minimum atomic E-state index is 0.424. The second-order valence-corrected chi connectivity index (χ2v) is 6.67. The Morgan fingerprint density at radius 3 is 2.43 bits per heavy atom. The summed E-state index contributed by atoms with van der Waals surface area (Å²) in [5, 5.41) is 8.66. The Morgan fingerprint density at radius 2 is 1.83 bits per heavy atom. The summed E-state index contributed by atoms with van der Waals surface area (Å²) >= 11 is 0. The van der Waals surface area contributed by atoms with Crippen molar-refractivity contribution < 1.29 is 4.57 Å². The van der Waals surface area contributed by atoms with E-state index >= 15 is 0 Å². The van der Waals surface area contributed by atoms with Gasteiger partial charge in [0.1, 0.15) is 5.69 Å². The first-order valence-electron chi connectivity index (χ1n) is 8.39. The molecule has 0 atom stereocenters. The Kier molecular flexibility index (Phi) is 4.86. The molecule has 122 valence electrons. The summed E-state index contributed by atoms with van der Waals surface area (Å²) in [6.45, 7) is 0. The first-order valence-corrected chi connectivity index (χ1v) is 8.39. The summed E-state index contributed by atoms with van der Waals surface area (Å²) in [5.74, 6) is 1.61. The number of rotatable bonds is 4. The van der Waals surface area contributed by atoms with Crippen LogP contribution in [0.4, 0.5) is 11.6 Å². The van der Waals surface area contributed by atoms with Crippen LogP contribution in [0.1, 0.15) is 31.2 Å². The van der Waals surface area contributed by atoms with Crippen LogP contribution in [0.2, 0.25) is 0 Å². The van der Waals surface area contributed by atoms with Crippen molar-refractivity contribution in [1.29, 1.82) is 0 Å². The van der Waals surface area contributed by atoms with Crippen LogP contribution >= 0.6 is 0 Å². The largest absolute Gasteiger partial charge is 0.421 e. The van der Waals surface area contributed by atoms with E-state index in [9.17, 15) is 0 Å². The third-order valence-electron chi connectivity index (χ3n) is 4.75. The van der Waals surface area contributed by atoms with E-state index in [2.05, 4.69) is 34.5 Å². The number of hydrogen-bond donors (Lipinski definition) is 1. The van der Waals surface area contributed by atoms with Crippen LogP contribution in [-0.2, 0) is 20.5 Å². The van der Waals surface area contributed by atoms with Crippen molar-refractivity contribution in [2.45, 2.75) is 38.1 Å². The van der Waals surface area contributed by atoms with Crippen LogP contribution in [-0.4, -0.2) is 10.6 Å². The van der Waals surface area contributed by atoms with E-state index in [0.29, 0.717) is 6.04 Å². The van der Waals surface area contributed by atoms with Gasteiger partial charge in [-0.2, -0.15) is 0 Å². The number of benzene rings is 1. The molecule has 1 aromatic carbocycles. The Bertz CT molecular complexity index is 644. The number of imidazole rings is 1. The molecule has 3 rings (SSSR count). The molecular formula is C18H26N5+. The lowest BCUT2D eigenvalue weighted by atomic mass is 9.83. The lowest BCUT2D eigenvalue weighted by Crippen LogP contribution is -2.27. The summed E-state index contributed by atoms with van der Waals surface area (Å²) in [6, 6.07) is 8.88. The Morgan fingerprint density at radius 1 is 1.13 bits per heavy atom. The second kappa shape index (κ2) is 7.04. The maximum Gasteiger partial charge on any atom is 0.421 e. The standard InChI is InChI=1S/C18H26N5/c1-22-11-12-23(2)18(22)21-20-17-9-5-15(6-10-17)13-14-3-7-16(19)8-4-14/h5-6,9-12,14,16H,3-4,7-8,13,19H2,1-2H3/q+1. The lowest BCUT2D eigenvalue weighted by Gasteiger charge is -2.26. The molecule has 0 amide bonds. The van der Waals surface area contributed by atoms with Crippen molar-refractivity contribution >= 4 is 11.6 Å². The highest BCUT2D eigenvalue weighted by Crippen LogP contribution is 2.27. The number of aryl methyl sites for hydroxylation is 2. The van der Waals surface area contributed by atoms with Gasteiger partial charge in [0.05, 0.1) is 26.5 Å². The molecule has 1 aliphatic carbocycles. The van der Waals surface area contributed by atoms with Gasteiger partial charge in [-0.3, -0.25) is 0 Å². The average Bonchev–Trinajstić information content (AvgIpc) is 2.88. The number of azo groups is 1. The van der Waals surface area contributed by atoms with Crippen molar-refractivity contribution in [3.63, 3.8) is 0 Å². The van der Waals surface area contributed by atoms with Crippen LogP contribution < -0.4 is 10.3 Å². The maximum absolute atomic E-state index is 5.98. The zero-order valence-corrected chi connectivity index (χ0v) is 14.0. The fourth-order valence-corrected chi connectivity index (χ4v) is 3.25. The number of nitrogens with two attached hydrogens (primary N) is 1. The number of aromatic nitrogens is 2. The highest BCUT2D eigenvalue weighted by atomic mass is 15.3. The summed E-state index contributed by atoms with van der Waals surface area (Å²) in [7, 11) is 3.93. The first kappa shape index (κ1) is 15.9. The molecule has 1 fully saturated rings. The fraction of sp³-hybridized carbons (Fsp3) is 0.500. The molecule has 23 heavy (non-hydrogen) atoms. The molecule has 0 bridgehead atoms. The molecule has 0 unspecified atom stereocenters. The van der Waals surface area contributed by atoms with E-state index < -0.39 is 0 Å². The quantitative estimate of drug-likeness (QED) is 0.683. The van der Waals surface area contributed by atoms with E-state index in [4.69, 9.17) is 5.73 Å².